The van der Waals surface area contributed by atoms with Gasteiger partial charge in [-0.3, -0.25) is 0 Å². The number of nitrogens with zero attached hydrogens (tertiary/aromatic N) is 1. The van der Waals surface area contributed by atoms with E-state index in [1.54, 1.807) is 6.92 Å². The SMILES string of the molecule is CCS(=O)(=O)NCC1CN(C)CCN1. The zero-order valence-electron chi connectivity index (χ0n) is 8.78. The van der Waals surface area contributed by atoms with Crippen molar-refractivity contribution >= 4 is 10.0 Å². The fraction of sp³-hybridized carbons (Fsp3) is 1.00. The van der Waals surface area contributed by atoms with Gasteiger partial charge in [-0.2, -0.15) is 0 Å². The smallest absolute Gasteiger partial charge is 0.211 e. The van der Waals surface area contributed by atoms with Crippen molar-refractivity contribution in [1.29, 1.82) is 0 Å². The average Bonchev–Trinajstić information content (AvgIpc) is 2.15. The minimum atomic E-state index is -3.04. The summed E-state index contributed by atoms with van der Waals surface area (Å²) in [5.74, 6) is 0.148. The predicted molar refractivity (Wildman–Crippen MR) is 56.8 cm³/mol. The summed E-state index contributed by atoms with van der Waals surface area (Å²) in [4.78, 5) is 2.20. The third-order valence-electron chi connectivity index (χ3n) is 2.39. The highest BCUT2D eigenvalue weighted by Gasteiger charge is 2.17. The number of nitrogens with one attached hydrogen (secondary N) is 2. The fourth-order valence-electron chi connectivity index (χ4n) is 1.46. The van der Waals surface area contributed by atoms with Crippen molar-refractivity contribution in [3.63, 3.8) is 0 Å². The third kappa shape index (κ3) is 3.91. The molecule has 0 saturated carbocycles. The Hall–Kier alpha value is -0.170. The summed E-state index contributed by atoms with van der Waals surface area (Å²) in [7, 11) is -1.00. The molecule has 2 N–H and O–H groups in total. The highest BCUT2D eigenvalue weighted by Crippen LogP contribution is 1.95. The van der Waals surface area contributed by atoms with E-state index in [1.165, 1.54) is 0 Å². The molecule has 0 radical (unpaired) electrons. The number of rotatable bonds is 4. The van der Waals surface area contributed by atoms with Crippen LogP contribution >= 0.6 is 0 Å². The van der Waals surface area contributed by atoms with E-state index >= 15 is 0 Å². The molecule has 1 unspecified atom stereocenters. The van der Waals surface area contributed by atoms with Gasteiger partial charge in [-0.1, -0.05) is 0 Å². The van der Waals surface area contributed by atoms with E-state index in [2.05, 4.69) is 14.9 Å². The second-order valence-electron chi connectivity index (χ2n) is 3.67. The van der Waals surface area contributed by atoms with Gasteiger partial charge in [0.1, 0.15) is 0 Å². The average molecular weight is 221 g/mol. The van der Waals surface area contributed by atoms with Gasteiger partial charge in [0.2, 0.25) is 10.0 Å². The summed E-state index contributed by atoms with van der Waals surface area (Å²) in [6.07, 6.45) is 0. The molecule has 6 heteroatoms. The van der Waals surface area contributed by atoms with Gasteiger partial charge in [-0.15, -0.1) is 0 Å². The maximum absolute atomic E-state index is 11.2. The van der Waals surface area contributed by atoms with Gasteiger partial charge in [0.25, 0.3) is 0 Å². The monoisotopic (exact) mass is 221 g/mol. The Balaban J connectivity index is 2.31. The second kappa shape index (κ2) is 5.06. The molecule has 5 nitrogen and oxygen atoms in total. The molecule has 84 valence electrons. The van der Waals surface area contributed by atoms with E-state index in [1.807, 2.05) is 7.05 Å². The lowest BCUT2D eigenvalue weighted by atomic mass is 10.2. The minimum Gasteiger partial charge on any atom is -0.310 e. The zero-order chi connectivity index (χ0) is 10.6. The number of hydrogen-bond donors (Lipinski definition) is 2. The van der Waals surface area contributed by atoms with Gasteiger partial charge < -0.3 is 10.2 Å². The van der Waals surface area contributed by atoms with Crippen LogP contribution in [0.15, 0.2) is 0 Å². The Morgan fingerprint density at radius 1 is 1.57 bits per heavy atom. The van der Waals surface area contributed by atoms with Gasteiger partial charge in [0.05, 0.1) is 5.75 Å². The maximum atomic E-state index is 11.2. The molecule has 1 aliphatic rings. The third-order valence-corrected chi connectivity index (χ3v) is 3.75. The lowest BCUT2D eigenvalue weighted by Crippen LogP contribution is -2.53. The van der Waals surface area contributed by atoms with Crippen molar-refractivity contribution < 1.29 is 8.42 Å². The quantitative estimate of drug-likeness (QED) is 0.628. The van der Waals surface area contributed by atoms with E-state index in [0.29, 0.717) is 6.54 Å². The van der Waals surface area contributed by atoms with Gasteiger partial charge in [-0.25, -0.2) is 13.1 Å². The number of piperazine rings is 1. The van der Waals surface area contributed by atoms with Gasteiger partial charge in [0, 0.05) is 32.2 Å². The molecule has 1 aliphatic heterocycles. The number of sulfonamides is 1. The first kappa shape index (κ1) is 11.9. The fourth-order valence-corrected chi connectivity index (χ4v) is 2.12. The van der Waals surface area contributed by atoms with Crippen LogP contribution in [-0.2, 0) is 10.0 Å². The Bertz CT molecular complexity index is 266. The van der Waals surface area contributed by atoms with Crippen LogP contribution in [0.2, 0.25) is 0 Å². The summed E-state index contributed by atoms with van der Waals surface area (Å²) in [5.41, 5.74) is 0. The molecule has 0 bridgehead atoms. The highest BCUT2D eigenvalue weighted by atomic mass is 32.2. The van der Waals surface area contributed by atoms with Crippen LogP contribution in [0.3, 0.4) is 0 Å². The standard InChI is InChI=1S/C8H19N3O2S/c1-3-14(12,13)10-6-8-7-11(2)5-4-9-8/h8-10H,3-7H2,1-2H3. The molecule has 1 atom stereocenters. The van der Waals surface area contributed by atoms with Crippen molar-refractivity contribution in [2.75, 3.05) is 39.0 Å². The number of likely N-dealkylation sites (N-methyl/N-ethyl adjacent to an activating group) is 1. The highest BCUT2D eigenvalue weighted by molar-refractivity contribution is 7.89. The summed E-state index contributed by atoms with van der Waals surface area (Å²) in [5, 5.41) is 3.28. The van der Waals surface area contributed by atoms with Crippen molar-refractivity contribution in [2.45, 2.75) is 13.0 Å². The van der Waals surface area contributed by atoms with E-state index in [-0.39, 0.29) is 11.8 Å². The van der Waals surface area contributed by atoms with Crippen LogP contribution < -0.4 is 10.0 Å². The Labute approximate surface area is 85.9 Å². The van der Waals surface area contributed by atoms with E-state index in [9.17, 15) is 8.42 Å². The Kier molecular flexibility index (Phi) is 4.31. The summed E-state index contributed by atoms with van der Waals surface area (Å²) in [6.45, 7) is 4.97. The van der Waals surface area contributed by atoms with E-state index in [4.69, 9.17) is 0 Å². The van der Waals surface area contributed by atoms with Gasteiger partial charge in [0.15, 0.2) is 0 Å². The molecule has 0 aromatic carbocycles. The first-order chi connectivity index (χ1) is 6.53. The minimum absolute atomic E-state index is 0.148. The summed E-state index contributed by atoms with van der Waals surface area (Å²) in [6, 6.07) is 0.232. The van der Waals surface area contributed by atoms with Crippen LogP contribution in [0.25, 0.3) is 0 Å². The van der Waals surface area contributed by atoms with Crippen molar-refractivity contribution in [3.8, 4) is 0 Å². The van der Waals surface area contributed by atoms with E-state index in [0.717, 1.165) is 19.6 Å². The molecule has 0 amide bonds. The van der Waals surface area contributed by atoms with Crippen molar-refractivity contribution in [2.24, 2.45) is 0 Å². The molecule has 0 spiro atoms. The van der Waals surface area contributed by atoms with Crippen LogP contribution in [0.4, 0.5) is 0 Å². The lowest BCUT2D eigenvalue weighted by Gasteiger charge is -2.30. The van der Waals surface area contributed by atoms with Gasteiger partial charge >= 0.3 is 0 Å². The van der Waals surface area contributed by atoms with Crippen LogP contribution in [0.1, 0.15) is 6.92 Å². The summed E-state index contributed by atoms with van der Waals surface area (Å²) < 4.78 is 24.9. The molecule has 14 heavy (non-hydrogen) atoms. The van der Waals surface area contributed by atoms with E-state index < -0.39 is 10.0 Å². The maximum Gasteiger partial charge on any atom is 0.211 e. The molecule has 1 saturated heterocycles. The summed E-state index contributed by atoms with van der Waals surface area (Å²) >= 11 is 0. The first-order valence-corrected chi connectivity index (χ1v) is 6.58. The van der Waals surface area contributed by atoms with Gasteiger partial charge in [-0.05, 0) is 14.0 Å². The van der Waals surface area contributed by atoms with Crippen LogP contribution in [0, 0.1) is 0 Å². The molecular formula is C8H19N3O2S. The van der Waals surface area contributed by atoms with Crippen molar-refractivity contribution in [1.82, 2.24) is 14.9 Å². The molecule has 0 aromatic heterocycles. The zero-order valence-corrected chi connectivity index (χ0v) is 9.60. The molecular weight excluding hydrogens is 202 g/mol. The lowest BCUT2D eigenvalue weighted by molar-refractivity contribution is 0.239. The van der Waals surface area contributed by atoms with Crippen LogP contribution in [-0.4, -0.2) is 58.3 Å². The normalized spacial score (nSPS) is 25.1. The molecule has 0 aliphatic carbocycles. The number of hydrogen-bond acceptors (Lipinski definition) is 4. The first-order valence-electron chi connectivity index (χ1n) is 4.93. The van der Waals surface area contributed by atoms with Crippen molar-refractivity contribution in [3.05, 3.63) is 0 Å². The Morgan fingerprint density at radius 2 is 2.29 bits per heavy atom. The Morgan fingerprint density at radius 3 is 2.86 bits per heavy atom. The topological polar surface area (TPSA) is 61.4 Å². The molecule has 1 fully saturated rings. The molecule has 1 heterocycles. The van der Waals surface area contributed by atoms with Crippen LogP contribution in [0.5, 0.6) is 0 Å². The largest absolute Gasteiger partial charge is 0.310 e. The second-order valence-corrected chi connectivity index (χ2v) is 5.76. The molecule has 0 aromatic rings. The predicted octanol–water partition coefficient (Wildman–Crippen LogP) is -1.17. The molecule has 1 rings (SSSR count).